The zero-order chi connectivity index (χ0) is 24.6. The summed E-state index contributed by atoms with van der Waals surface area (Å²) >= 11 is 0. The van der Waals surface area contributed by atoms with E-state index in [-0.39, 0.29) is 11.8 Å². The van der Waals surface area contributed by atoms with Gasteiger partial charge in [0.2, 0.25) is 0 Å². The van der Waals surface area contributed by atoms with Gasteiger partial charge in [-0.05, 0) is 45.0 Å². The maximum absolute atomic E-state index is 13.7. The van der Waals surface area contributed by atoms with Crippen LogP contribution in [0.25, 0.3) is 22.3 Å². The van der Waals surface area contributed by atoms with Crippen molar-refractivity contribution in [2.45, 2.75) is 33.9 Å². The van der Waals surface area contributed by atoms with Crippen LogP contribution in [0.1, 0.15) is 44.6 Å². The van der Waals surface area contributed by atoms with Crippen molar-refractivity contribution in [2.24, 2.45) is 7.05 Å². The first-order chi connectivity index (χ1) is 16.2. The van der Waals surface area contributed by atoms with Crippen LogP contribution in [0.5, 0.6) is 0 Å². The Balaban J connectivity index is 1.78. The largest absolute Gasteiger partial charge is 0.354 e. The molecular formula is C25H29N7O2. The van der Waals surface area contributed by atoms with Gasteiger partial charge in [0.1, 0.15) is 11.4 Å². The SMILES string of the molecule is CCn1ncc(CN(C)C(=O)c2cc(-c3cc(C(=O)NC)n(C)n3)nc3ccc(C)cc23)c1C. The topological polar surface area (TPSA) is 97.9 Å². The fourth-order valence-corrected chi connectivity index (χ4v) is 4.07. The number of fused-ring (bicyclic) bond motifs is 1. The molecule has 0 unspecified atom stereocenters. The number of carbonyl (C=O) groups is 2. The predicted octanol–water partition coefficient (Wildman–Crippen LogP) is 3.10. The first kappa shape index (κ1) is 23.2. The molecule has 1 aromatic carbocycles. The van der Waals surface area contributed by atoms with Crippen molar-refractivity contribution < 1.29 is 9.59 Å². The van der Waals surface area contributed by atoms with Gasteiger partial charge in [-0.1, -0.05) is 11.6 Å². The van der Waals surface area contributed by atoms with Crippen LogP contribution >= 0.6 is 0 Å². The number of pyridine rings is 1. The van der Waals surface area contributed by atoms with Gasteiger partial charge in [-0.15, -0.1) is 0 Å². The van der Waals surface area contributed by atoms with Crippen LogP contribution in [0.4, 0.5) is 0 Å². The number of benzene rings is 1. The van der Waals surface area contributed by atoms with Crippen LogP contribution in [0.2, 0.25) is 0 Å². The van der Waals surface area contributed by atoms with E-state index in [9.17, 15) is 9.59 Å². The highest BCUT2D eigenvalue weighted by Gasteiger charge is 2.21. The molecule has 4 rings (SSSR count). The molecular weight excluding hydrogens is 430 g/mol. The second-order valence-corrected chi connectivity index (χ2v) is 8.43. The highest BCUT2D eigenvalue weighted by molar-refractivity contribution is 6.07. The maximum Gasteiger partial charge on any atom is 0.269 e. The van der Waals surface area contributed by atoms with Crippen LogP contribution < -0.4 is 5.32 Å². The Hall–Kier alpha value is -4.01. The number of amides is 2. The summed E-state index contributed by atoms with van der Waals surface area (Å²) < 4.78 is 3.43. The molecule has 3 heterocycles. The minimum atomic E-state index is -0.239. The van der Waals surface area contributed by atoms with Crippen molar-refractivity contribution in [2.75, 3.05) is 14.1 Å². The standard InChI is InChI=1S/C25H29N7O2/c1-7-32-16(3)17(13-27-32)14-30(5)25(34)19-11-21(28-20-9-8-15(2)10-18(19)20)22-12-23(24(33)26-4)31(6)29-22/h8-13H,7,14H2,1-6H3,(H,26,33). The molecule has 9 heteroatoms. The molecule has 0 aliphatic rings. The molecule has 0 radical (unpaired) electrons. The van der Waals surface area contributed by atoms with Crippen LogP contribution in [0.3, 0.4) is 0 Å². The lowest BCUT2D eigenvalue weighted by atomic mass is 10.0. The summed E-state index contributed by atoms with van der Waals surface area (Å²) in [4.78, 5) is 32.3. The summed E-state index contributed by atoms with van der Waals surface area (Å²) in [5, 5.41) is 12.3. The second kappa shape index (κ2) is 9.09. The molecule has 0 saturated heterocycles. The average molecular weight is 460 g/mol. The Morgan fingerprint density at radius 1 is 1.12 bits per heavy atom. The highest BCUT2D eigenvalue weighted by Crippen LogP contribution is 2.27. The third kappa shape index (κ3) is 4.16. The Labute approximate surface area is 198 Å². The lowest BCUT2D eigenvalue weighted by molar-refractivity contribution is 0.0786. The number of nitrogens with one attached hydrogen (secondary N) is 1. The van der Waals surface area contributed by atoms with Crippen LogP contribution in [0.15, 0.2) is 36.5 Å². The summed E-state index contributed by atoms with van der Waals surface area (Å²) in [5.41, 5.74) is 5.81. The van der Waals surface area contributed by atoms with Crippen LogP contribution in [-0.2, 0) is 20.1 Å². The molecule has 1 N–H and O–H groups in total. The van der Waals surface area contributed by atoms with E-state index in [0.29, 0.717) is 34.7 Å². The van der Waals surface area contributed by atoms with Crippen molar-refractivity contribution in [3.05, 3.63) is 64.6 Å². The average Bonchev–Trinajstić information content (AvgIpc) is 3.39. The van der Waals surface area contributed by atoms with Gasteiger partial charge in [-0.2, -0.15) is 10.2 Å². The Bertz CT molecular complexity index is 1400. The number of aryl methyl sites for hydroxylation is 3. The molecule has 0 fully saturated rings. The Morgan fingerprint density at radius 3 is 2.56 bits per heavy atom. The number of aromatic nitrogens is 5. The molecule has 0 bridgehead atoms. The molecule has 2 amide bonds. The lowest BCUT2D eigenvalue weighted by Crippen LogP contribution is -2.27. The van der Waals surface area contributed by atoms with Crippen molar-refractivity contribution in [1.82, 2.24) is 34.8 Å². The van der Waals surface area contributed by atoms with Crippen LogP contribution in [0, 0.1) is 13.8 Å². The van der Waals surface area contributed by atoms with Crippen molar-refractivity contribution in [3.8, 4) is 11.4 Å². The monoisotopic (exact) mass is 459 g/mol. The van der Waals surface area contributed by atoms with Crippen molar-refractivity contribution in [1.29, 1.82) is 0 Å². The molecule has 0 atom stereocenters. The van der Waals surface area contributed by atoms with Crippen molar-refractivity contribution in [3.63, 3.8) is 0 Å². The molecule has 0 aliphatic carbocycles. The van der Waals surface area contributed by atoms with Gasteiger partial charge >= 0.3 is 0 Å². The molecule has 0 saturated carbocycles. The fourth-order valence-electron chi connectivity index (χ4n) is 4.07. The van der Waals surface area contributed by atoms with Gasteiger partial charge in [0, 0.05) is 50.9 Å². The van der Waals surface area contributed by atoms with E-state index >= 15 is 0 Å². The molecule has 0 aliphatic heterocycles. The summed E-state index contributed by atoms with van der Waals surface area (Å²) in [6, 6.07) is 9.29. The Morgan fingerprint density at radius 2 is 1.88 bits per heavy atom. The number of hydrogen-bond donors (Lipinski definition) is 1. The number of hydrogen-bond acceptors (Lipinski definition) is 5. The summed E-state index contributed by atoms with van der Waals surface area (Å²) in [7, 11) is 5.07. The third-order valence-electron chi connectivity index (χ3n) is 6.06. The first-order valence-electron chi connectivity index (χ1n) is 11.2. The first-order valence-corrected chi connectivity index (χ1v) is 11.2. The zero-order valence-electron chi connectivity index (χ0n) is 20.4. The minimum Gasteiger partial charge on any atom is -0.354 e. The quantitative estimate of drug-likeness (QED) is 0.478. The molecule has 34 heavy (non-hydrogen) atoms. The predicted molar refractivity (Wildman–Crippen MR) is 131 cm³/mol. The lowest BCUT2D eigenvalue weighted by Gasteiger charge is -2.19. The van der Waals surface area contributed by atoms with Gasteiger partial charge in [-0.3, -0.25) is 19.0 Å². The summed E-state index contributed by atoms with van der Waals surface area (Å²) in [5.74, 6) is -0.359. The van der Waals surface area contributed by atoms with Crippen LogP contribution in [-0.4, -0.2) is 55.4 Å². The van der Waals surface area contributed by atoms with Crippen molar-refractivity contribution >= 4 is 22.7 Å². The number of nitrogens with zero attached hydrogens (tertiary/aromatic N) is 6. The molecule has 176 valence electrons. The highest BCUT2D eigenvalue weighted by atomic mass is 16.2. The third-order valence-corrected chi connectivity index (χ3v) is 6.06. The van der Waals surface area contributed by atoms with E-state index in [4.69, 9.17) is 4.98 Å². The van der Waals surface area contributed by atoms with Gasteiger partial charge in [0.25, 0.3) is 11.8 Å². The molecule has 3 aromatic heterocycles. The van der Waals surface area contributed by atoms with Gasteiger partial charge in [0.15, 0.2) is 0 Å². The minimum absolute atomic E-state index is 0.120. The summed E-state index contributed by atoms with van der Waals surface area (Å²) in [6.07, 6.45) is 1.82. The van der Waals surface area contributed by atoms with Gasteiger partial charge in [0.05, 0.1) is 23.0 Å². The van der Waals surface area contributed by atoms with E-state index in [0.717, 1.165) is 28.8 Å². The van der Waals surface area contributed by atoms with Gasteiger partial charge < -0.3 is 10.2 Å². The summed E-state index contributed by atoms with van der Waals surface area (Å²) in [6.45, 7) is 7.27. The molecule has 4 aromatic rings. The second-order valence-electron chi connectivity index (χ2n) is 8.43. The molecule has 9 nitrogen and oxygen atoms in total. The van der Waals surface area contributed by atoms with E-state index in [1.54, 1.807) is 38.2 Å². The zero-order valence-corrected chi connectivity index (χ0v) is 20.4. The van der Waals surface area contributed by atoms with E-state index in [1.165, 1.54) is 4.68 Å². The number of rotatable bonds is 6. The Kier molecular flexibility index (Phi) is 6.19. The van der Waals surface area contributed by atoms with Gasteiger partial charge in [-0.25, -0.2) is 4.98 Å². The normalized spacial score (nSPS) is 11.1. The molecule has 0 spiro atoms. The van der Waals surface area contributed by atoms with E-state index in [2.05, 4.69) is 15.5 Å². The smallest absolute Gasteiger partial charge is 0.269 e. The number of carbonyl (C=O) groups excluding carboxylic acids is 2. The van der Waals surface area contributed by atoms with E-state index in [1.807, 2.05) is 49.8 Å². The maximum atomic E-state index is 13.7. The fraction of sp³-hybridized carbons (Fsp3) is 0.320. The van der Waals surface area contributed by atoms with E-state index < -0.39 is 0 Å².